The monoisotopic (exact) mass is 265 g/mol. The Morgan fingerprint density at radius 2 is 2.16 bits per heavy atom. The molecule has 1 aliphatic rings. The number of ether oxygens (including phenoxy) is 1. The van der Waals surface area contributed by atoms with Crippen molar-refractivity contribution in [2.45, 2.75) is 52.6 Å². The second kappa shape index (κ2) is 6.60. The number of carbonyl (C=O) groups is 2. The Hall–Kier alpha value is -1.50. The van der Waals surface area contributed by atoms with Crippen molar-refractivity contribution in [3.8, 4) is 11.8 Å². The molecule has 0 aromatic heterocycles. The molecule has 0 spiro atoms. The summed E-state index contributed by atoms with van der Waals surface area (Å²) in [7, 11) is 0. The van der Waals surface area contributed by atoms with Crippen molar-refractivity contribution in [1.82, 2.24) is 4.90 Å². The molecular formula is C15H23NO3. The zero-order valence-electron chi connectivity index (χ0n) is 12.3. The Balaban J connectivity index is 2.55. The van der Waals surface area contributed by atoms with Crippen LogP contribution in [-0.2, 0) is 9.53 Å². The average molecular weight is 265 g/mol. The van der Waals surface area contributed by atoms with Gasteiger partial charge < -0.3 is 9.64 Å². The van der Waals surface area contributed by atoms with Crippen molar-refractivity contribution in [3.63, 3.8) is 0 Å². The van der Waals surface area contributed by atoms with E-state index in [2.05, 4.69) is 11.8 Å². The first-order valence-corrected chi connectivity index (χ1v) is 6.73. The first kappa shape index (κ1) is 15.6. The Labute approximate surface area is 115 Å². The van der Waals surface area contributed by atoms with Crippen LogP contribution in [0, 0.1) is 17.8 Å². The van der Waals surface area contributed by atoms with Crippen molar-refractivity contribution in [3.05, 3.63) is 0 Å². The predicted octanol–water partition coefficient (Wildman–Crippen LogP) is 2.62. The summed E-state index contributed by atoms with van der Waals surface area (Å²) in [5, 5.41) is 0. The van der Waals surface area contributed by atoms with Crippen LogP contribution >= 0.6 is 0 Å². The van der Waals surface area contributed by atoms with E-state index in [-0.39, 0.29) is 17.8 Å². The Bertz CT molecular complexity index is 398. The van der Waals surface area contributed by atoms with E-state index in [1.54, 1.807) is 11.8 Å². The third-order valence-corrected chi connectivity index (χ3v) is 2.97. The normalized spacial score (nSPS) is 19.7. The fraction of sp³-hybridized carbons (Fsp3) is 0.733. The minimum Gasteiger partial charge on any atom is -0.444 e. The van der Waals surface area contributed by atoms with Crippen LogP contribution in [0.3, 0.4) is 0 Å². The van der Waals surface area contributed by atoms with E-state index in [0.29, 0.717) is 25.9 Å². The van der Waals surface area contributed by atoms with Crippen LogP contribution in [0.5, 0.6) is 0 Å². The topological polar surface area (TPSA) is 46.6 Å². The van der Waals surface area contributed by atoms with Crippen LogP contribution < -0.4 is 0 Å². The molecule has 0 aromatic carbocycles. The second-order valence-corrected chi connectivity index (χ2v) is 5.81. The van der Waals surface area contributed by atoms with E-state index in [0.717, 1.165) is 6.42 Å². The molecule has 0 saturated carbocycles. The lowest BCUT2D eigenvalue weighted by Gasteiger charge is -2.33. The van der Waals surface area contributed by atoms with Gasteiger partial charge in [0.15, 0.2) is 0 Å². The summed E-state index contributed by atoms with van der Waals surface area (Å²) in [5.41, 5.74) is -0.498. The molecule has 0 aromatic rings. The van der Waals surface area contributed by atoms with Crippen LogP contribution in [-0.4, -0.2) is 35.5 Å². The SMILES string of the molecule is CC#CCCC1CN(C(=O)OC(C)(C)C)CCC1=O. The molecule has 1 fully saturated rings. The summed E-state index contributed by atoms with van der Waals surface area (Å²) in [4.78, 5) is 25.4. The minimum absolute atomic E-state index is 0.0953. The molecule has 0 bridgehead atoms. The number of amides is 1. The first-order valence-electron chi connectivity index (χ1n) is 6.73. The van der Waals surface area contributed by atoms with Gasteiger partial charge in [0.2, 0.25) is 0 Å². The second-order valence-electron chi connectivity index (χ2n) is 5.81. The van der Waals surface area contributed by atoms with E-state index in [1.165, 1.54) is 0 Å². The van der Waals surface area contributed by atoms with Crippen LogP contribution in [0.2, 0.25) is 0 Å². The van der Waals surface area contributed by atoms with Crippen LogP contribution in [0.25, 0.3) is 0 Å². The number of rotatable bonds is 2. The Kier molecular flexibility index (Phi) is 5.41. The third-order valence-electron chi connectivity index (χ3n) is 2.97. The Morgan fingerprint density at radius 1 is 1.47 bits per heavy atom. The summed E-state index contributed by atoms with van der Waals surface area (Å²) in [6.07, 6.45) is 1.52. The maximum atomic E-state index is 12.0. The van der Waals surface area contributed by atoms with E-state index >= 15 is 0 Å². The zero-order valence-corrected chi connectivity index (χ0v) is 12.3. The standard InChI is InChI=1S/C15H23NO3/c1-5-6-7-8-12-11-16(10-9-13(12)17)14(18)19-15(2,3)4/h12H,7-11H2,1-4H3. The van der Waals surface area contributed by atoms with Crippen LogP contribution in [0.1, 0.15) is 47.0 Å². The smallest absolute Gasteiger partial charge is 0.410 e. The number of likely N-dealkylation sites (tertiary alicyclic amines) is 1. The number of hydrogen-bond acceptors (Lipinski definition) is 3. The number of hydrogen-bond donors (Lipinski definition) is 0. The Morgan fingerprint density at radius 3 is 2.74 bits per heavy atom. The van der Waals surface area contributed by atoms with Crippen molar-refractivity contribution >= 4 is 11.9 Å². The highest BCUT2D eigenvalue weighted by molar-refractivity contribution is 5.84. The molecule has 1 aliphatic heterocycles. The van der Waals surface area contributed by atoms with Gasteiger partial charge in [-0.25, -0.2) is 4.79 Å². The number of carbonyl (C=O) groups excluding carboxylic acids is 2. The fourth-order valence-electron chi connectivity index (χ4n) is 2.02. The van der Waals surface area contributed by atoms with Crippen molar-refractivity contribution < 1.29 is 14.3 Å². The van der Waals surface area contributed by atoms with E-state index in [4.69, 9.17) is 4.74 Å². The van der Waals surface area contributed by atoms with Gasteiger partial charge >= 0.3 is 6.09 Å². The van der Waals surface area contributed by atoms with Crippen LogP contribution in [0.15, 0.2) is 0 Å². The molecule has 1 rings (SSSR count). The lowest BCUT2D eigenvalue weighted by atomic mass is 9.92. The fourth-order valence-corrected chi connectivity index (χ4v) is 2.02. The molecule has 1 unspecified atom stereocenters. The van der Waals surface area contributed by atoms with Gasteiger partial charge in [-0.2, -0.15) is 0 Å². The lowest BCUT2D eigenvalue weighted by molar-refractivity contribution is -0.126. The summed E-state index contributed by atoms with van der Waals surface area (Å²) in [6.45, 7) is 8.23. The summed E-state index contributed by atoms with van der Waals surface area (Å²) < 4.78 is 5.33. The summed E-state index contributed by atoms with van der Waals surface area (Å²) in [5.74, 6) is 5.92. The van der Waals surface area contributed by atoms with Crippen molar-refractivity contribution in [2.24, 2.45) is 5.92 Å². The largest absolute Gasteiger partial charge is 0.444 e. The number of piperidine rings is 1. The number of ketones is 1. The number of Topliss-reactive ketones (excluding diaryl/α,β-unsaturated/α-hetero) is 1. The molecule has 106 valence electrons. The molecule has 0 N–H and O–H groups in total. The molecule has 4 nitrogen and oxygen atoms in total. The van der Waals surface area contributed by atoms with Gasteiger partial charge in [-0.3, -0.25) is 4.79 Å². The van der Waals surface area contributed by atoms with Crippen molar-refractivity contribution in [1.29, 1.82) is 0 Å². The zero-order chi connectivity index (χ0) is 14.5. The molecule has 1 heterocycles. The highest BCUT2D eigenvalue weighted by Crippen LogP contribution is 2.20. The molecule has 1 atom stereocenters. The van der Waals surface area contributed by atoms with Gasteiger partial charge in [0.1, 0.15) is 11.4 Å². The lowest BCUT2D eigenvalue weighted by Crippen LogP contribution is -2.46. The minimum atomic E-state index is -0.498. The number of nitrogens with zero attached hydrogens (tertiary/aromatic N) is 1. The van der Waals surface area contributed by atoms with E-state index in [1.807, 2.05) is 20.8 Å². The quantitative estimate of drug-likeness (QED) is 0.721. The molecule has 1 amide bonds. The van der Waals surface area contributed by atoms with E-state index < -0.39 is 5.60 Å². The third kappa shape index (κ3) is 5.34. The molecular weight excluding hydrogens is 242 g/mol. The molecule has 0 aliphatic carbocycles. The van der Waals surface area contributed by atoms with Gasteiger partial charge in [-0.05, 0) is 34.1 Å². The van der Waals surface area contributed by atoms with Gasteiger partial charge in [0, 0.05) is 31.8 Å². The maximum absolute atomic E-state index is 12.0. The van der Waals surface area contributed by atoms with Gasteiger partial charge in [0.05, 0.1) is 0 Å². The van der Waals surface area contributed by atoms with Gasteiger partial charge in [-0.15, -0.1) is 11.8 Å². The first-order chi connectivity index (χ1) is 8.83. The van der Waals surface area contributed by atoms with Gasteiger partial charge in [0.25, 0.3) is 0 Å². The highest BCUT2D eigenvalue weighted by atomic mass is 16.6. The predicted molar refractivity (Wildman–Crippen MR) is 73.6 cm³/mol. The van der Waals surface area contributed by atoms with E-state index in [9.17, 15) is 9.59 Å². The summed E-state index contributed by atoms with van der Waals surface area (Å²) in [6, 6.07) is 0. The van der Waals surface area contributed by atoms with Crippen molar-refractivity contribution in [2.75, 3.05) is 13.1 Å². The molecule has 1 saturated heterocycles. The highest BCUT2D eigenvalue weighted by Gasteiger charge is 2.31. The molecule has 19 heavy (non-hydrogen) atoms. The maximum Gasteiger partial charge on any atom is 0.410 e. The molecule has 4 heteroatoms. The van der Waals surface area contributed by atoms with Crippen LogP contribution in [0.4, 0.5) is 4.79 Å². The molecule has 0 radical (unpaired) electrons. The summed E-state index contributed by atoms with van der Waals surface area (Å²) >= 11 is 0. The van der Waals surface area contributed by atoms with Gasteiger partial charge in [-0.1, -0.05) is 0 Å². The average Bonchev–Trinajstić information content (AvgIpc) is 2.29.